The predicted octanol–water partition coefficient (Wildman–Crippen LogP) is 2.74. The summed E-state index contributed by atoms with van der Waals surface area (Å²) in [5, 5.41) is 15.2. The minimum absolute atomic E-state index is 0.757. The van der Waals surface area contributed by atoms with Crippen LogP contribution in [0.4, 0.5) is 5.69 Å². The number of nitrogens with one attached hydrogen (secondary N) is 2. The Labute approximate surface area is 172 Å². The standard InChI is InChI=1S/C22H31N7/c1-3-23-22(24-15-10-17-28(4-2)19-11-6-5-7-12-19)25-16-14-21-27-26-20-13-8-9-18-29(20)21/h5-9,11-13,18H,3-4,10,14-17H2,1-2H3,(H2,23,24,25). The molecule has 29 heavy (non-hydrogen) atoms. The van der Waals surface area contributed by atoms with E-state index in [4.69, 9.17) is 4.99 Å². The fourth-order valence-electron chi connectivity index (χ4n) is 3.26. The summed E-state index contributed by atoms with van der Waals surface area (Å²) in [5.74, 6) is 1.80. The zero-order valence-corrected chi connectivity index (χ0v) is 17.4. The van der Waals surface area contributed by atoms with E-state index in [1.165, 1.54) is 5.69 Å². The number of hydrogen-bond acceptors (Lipinski definition) is 4. The van der Waals surface area contributed by atoms with Gasteiger partial charge in [-0.05, 0) is 44.5 Å². The molecule has 2 aromatic heterocycles. The van der Waals surface area contributed by atoms with E-state index in [1.807, 2.05) is 28.8 Å². The number of nitrogens with zero attached hydrogens (tertiary/aromatic N) is 5. The summed E-state index contributed by atoms with van der Waals surface area (Å²) in [4.78, 5) is 7.10. The first-order valence-electron chi connectivity index (χ1n) is 10.4. The summed E-state index contributed by atoms with van der Waals surface area (Å²) in [6, 6.07) is 16.5. The Morgan fingerprint density at radius 3 is 2.66 bits per heavy atom. The highest BCUT2D eigenvalue weighted by atomic mass is 15.2. The summed E-state index contributed by atoms with van der Waals surface area (Å²) in [5.41, 5.74) is 2.14. The van der Waals surface area contributed by atoms with Gasteiger partial charge in [-0.3, -0.25) is 9.39 Å². The van der Waals surface area contributed by atoms with Crippen LogP contribution in [0.15, 0.2) is 59.7 Å². The molecule has 0 aliphatic rings. The van der Waals surface area contributed by atoms with Gasteiger partial charge in [-0.1, -0.05) is 24.3 Å². The van der Waals surface area contributed by atoms with E-state index in [1.54, 1.807) is 0 Å². The molecule has 0 radical (unpaired) electrons. The lowest BCUT2D eigenvalue weighted by Crippen LogP contribution is -2.38. The van der Waals surface area contributed by atoms with Crippen LogP contribution >= 0.6 is 0 Å². The largest absolute Gasteiger partial charge is 0.372 e. The number of rotatable bonds is 10. The summed E-state index contributed by atoms with van der Waals surface area (Å²) < 4.78 is 2.02. The number of benzene rings is 1. The third-order valence-electron chi connectivity index (χ3n) is 4.73. The van der Waals surface area contributed by atoms with Crippen molar-refractivity contribution in [2.75, 3.05) is 37.6 Å². The Balaban J connectivity index is 1.46. The smallest absolute Gasteiger partial charge is 0.191 e. The molecule has 3 aromatic rings. The van der Waals surface area contributed by atoms with E-state index < -0.39 is 0 Å². The first kappa shape index (κ1) is 20.6. The molecule has 0 aliphatic heterocycles. The highest BCUT2D eigenvalue weighted by molar-refractivity contribution is 5.79. The van der Waals surface area contributed by atoms with Crippen molar-refractivity contribution in [3.63, 3.8) is 0 Å². The van der Waals surface area contributed by atoms with E-state index >= 15 is 0 Å². The molecule has 154 valence electrons. The van der Waals surface area contributed by atoms with E-state index in [9.17, 15) is 0 Å². The summed E-state index contributed by atoms with van der Waals surface area (Å²) in [6.07, 6.45) is 3.79. The maximum absolute atomic E-state index is 4.72. The third-order valence-corrected chi connectivity index (χ3v) is 4.73. The average molecular weight is 394 g/mol. The van der Waals surface area contributed by atoms with Gasteiger partial charge in [-0.25, -0.2) is 0 Å². The Morgan fingerprint density at radius 1 is 1.03 bits per heavy atom. The van der Waals surface area contributed by atoms with Gasteiger partial charge in [0.15, 0.2) is 11.6 Å². The van der Waals surface area contributed by atoms with Crippen LogP contribution in [0, 0.1) is 0 Å². The third kappa shape index (κ3) is 5.94. The lowest BCUT2D eigenvalue weighted by Gasteiger charge is -2.22. The molecule has 0 amide bonds. The van der Waals surface area contributed by atoms with Crippen molar-refractivity contribution in [2.24, 2.45) is 4.99 Å². The molecule has 7 heteroatoms. The highest BCUT2D eigenvalue weighted by Gasteiger charge is 2.05. The molecule has 3 rings (SSSR count). The molecule has 2 heterocycles. The van der Waals surface area contributed by atoms with Crippen molar-refractivity contribution in [3.05, 3.63) is 60.6 Å². The maximum Gasteiger partial charge on any atom is 0.191 e. The molecule has 0 saturated carbocycles. The maximum atomic E-state index is 4.72. The second-order valence-electron chi connectivity index (χ2n) is 6.75. The fourth-order valence-corrected chi connectivity index (χ4v) is 3.26. The van der Waals surface area contributed by atoms with Gasteiger partial charge in [-0.2, -0.15) is 0 Å². The van der Waals surface area contributed by atoms with Crippen molar-refractivity contribution in [3.8, 4) is 0 Å². The number of pyridine rings is 1. The van der Waals surface area contributed by atoms with Crippen LogP contribution in [0.25, 0.3) is 5.65 Å². The van der Waals surface area contributed by atoms with Crippen molar-refractivity contribution in [2.45, 2.75) is 26.7 Å². The molecular formula is C22H31N7. The lowest BCUT2D eigenvalue weighted by molar-refractivity contribution is 0.734. The Hall–Kier alpha value is -3.09. The second-order valence-corrected chi connectivity index (χ2v) is 6.75. The monoisotopic (exact) mass is 393 g/mol. The number of para-hydroxylation sites is 1. The van der Waals surface area contributed by atoms with E-state index in [0.29, 0.717) is 0 Å². The summed E-state index contributed by atoms with van der Waals surface area (Å²) in [7, 11) is 0. The van der Waals surface area contributed by atoms with Crippen molar-refractivity contribution < 1.29 is 0 Å². The molecular weight excluding hydrogens is 362 g/mol. The van der Waals surface area contributed by atoms with Crippen LogP contribution in [0.2, 0.25) is 0 Å². The number of aliphatic imine (C=N–C) groups is 1. The van der Waals surface area contributed by atoms with Gasteiger partial charge in [0.05, 0.1) is 0 Å². The van der Waals surface area contributed by atoms with E-state index in [0.717, 1.165) is 63.0 Å². The van der Waals surface area contributed by atoms with Crippen molar-refractivity contribution in [1.29, 1.82) is 0 Å². The molecule has 0 atom stereocenters. The van der Waals surface area contributed by atoms with Gasteiger partial charge in [-0.15, -0.1) is 10.2 Å². The molecule has 7 nitrogen and oxygen atoms in total. The zero-order valence-electron chi connectivity index (χ0n) is 17.4. The number of fused-ring (bicyclic) bond motifs is 1. The summed E-state index contributed by atoms with van der Waals surface area (Å²) >= 11 is 0. The second kappa shape index (κ2) is 11.0. The van der Waals surface area contributed by atoms with Crippen LogP contribution < -0.4 is 15.5 Å². The van der Waals surface area contributed by atoms with Gasteiger partial charge in [0.1, 0.15) is 5.82 Å². The molecule has 0 spiro atoms. The topological polar surface area (TPSA) is 69.8 Å². The van der Waals surface area contributed by atoms with Crippen LogP contribution in [0.3, 0.4) is 0 Å². The van der Waals surface area contributed by atoms with Gasteiger partial charge in [0.2, 0.25) is 0 Å². The van der Waals surface area contributed by atoms with Crippen LogP contribution in [0.1, 0.15) is 26.1 Å². The Kier molecular flexibility index (Phi) is 7.86. The average Bonchev–Trinajstić information content (AvgIpc) is 3.17. The minimum Gasteiger partial charge on any atom is -0.372 e. The van der Waals surface area contributed by atoms with Gasteiger partial charge >= 0.3 is 0 Å². The van der Waals surface area contributed by atoms with Gasteiger partial charge < -0.3 is 15.5 Å². The van der Waals surface area contributed by atoms with Crippen LogP contribution in [0.5, 0.6) is 0 Å². The van der Waals surface area contributed by atoms with E-state index in [2.05, 4.69) is 69.9 Å². The number of anilines is 1. The molecule has 2 N–H and O–H groups in total. The summed E-state index contributed by atoms with van der Waals surface area (Å²) in [6.45, 7) is 8.64. The Bertz CT molecular complexity index is 888. The number of guanidine groups is 1. The van der Waals surface area contributed by atoms with Crippen LogP contribution in [-0.2, 0) is 6.42 Å². The van der Waals surface area contributed by atoms with E-state index in [-0.39, 0.29) is 0 Å². The fraction of sp³-hybridized carbons (Fsp3) is 0.409. The van der Waals surface area contributed by atoms with Crippen LogP contribution in [-0.4, -0.2) is 53.3 Å². The first-order chi connectivity index (χ1) is 14.3. The molecule has 0 fully saturated rings. The Morgan fingerprint density at radius 2 is 1.86 bits per heavy atom. The van der Waals surface area contributed by atoms with Crippen molar-refractivity contribution in [1.82, 2.24) is 25.2 Å². The van der Waals surface area contributed by atoms with Crippen molar-refractivity contribution >= 4 is 17.3 Å². The van der Waals surface area contributed by atoms with Gasteiger partial charge in [0.25, 0.3) is 0 Å². The minimum atomic E-state index is 0.757. The highest BCUT2D eigenvalue weighted by Crippen LogP contribution is 2.12. The number of hydrogen-bond donors (Lipinski definition) is 2. The first-order valence-corrected chi connectivity index (χ1v) is 10.4. The lowest BCUT2D eigenvalue weighted by atomic mass is 10.2. The SMILES string of the molecule is CCNC(=NCCCN(CC)c1ccccc1)NCCc1nnc2ccccn12. The normalized spacial score (nSPS) is 11.6. The molecule has 0 aliphatic carbocycles. The molecule has 0 unspecified atom stereocenters. The molecule has 1 aromatic carbocycles. The molecule has 0 saturated heterocycles. The quantitative estimate of drug-likeness (QED) is 0.315. The predicted molar refractivity (Wildman–Crippen MR) is 120 cm³/mol. The molecule has 0 bridgehead atoms. The van der Waals surface area contributed by atoms with Gasteiger partial charge in [0, 0.05) is 51.0 Å². The zero-order chi connectivity index (χ0) is 20.3. The number of aromatic nitrogens is 3.